The second kappa shape index (κ2) is 5.18. The van der Waals surface area contributed by atoms with E-state index in [-0.39, 0.29) is 18.9 Å². The summed E-state index contributed by atoms with van der Waals surface area (Å²) in [6.45, 7) is 2.85. The number of nitrogens with one attached hydrogen (secondary N) is 1. The molecule has 0 radical (unpaired) electrons. The number of amides is 1. The molecule has 0 saturated carbocycles. The number of carboxylic acids is 1. The van der Waals surface area contributed by atoms with Gasteiger partial charge in [-0.15, -0.1) is 0 Å². The van der Waals surface area contributed by atoms with Crippen molar-refractivity contribution in [2.75, 3.05) is 19.8 Å². The van der Waals surface area contributed by atoms with Crippen molar-refractivity contribution in [3.63, 3.8) is 0 Å². The number of aryl methyl sites for hydroxylation is 1. The van der Waals surface area contributed by atoms with Gasteiger partial charge < -0.3 is 14.7 Å². The Kier molecular flexibility index (Phi) is 3.61. The normalized spacial score (nSPS) is 19.8. The monoisotopic (exact) mass is 253 g/mol. The van der Waals surface area contributed by atoms with Crippen LogP contribution in [-0.2, 0) is 9.53 Å². The van der Waals surface area contributed by atoms with Gasteiger partial charge in [-0.1, -0.05) is 0 Å². The molecule has 0 aliphatic carbocycles. The van der Waals surface area contributed by atoms with E-state index < -0.39 is 12.0 Å². The number of nitrogens with zero attached hydrogens (tertiary/aromatic N) is 2. The summed E-state index contributed by atoms with van der Waals surface area (Å²) >= 11 is 0. The molecule has 0 bridgehead atoms. The van der Waals surface area contributed by atoms with Crippen LogP contribution in [0.3, 0.4) is 0 Å². The number of aromatic nitrogens is 2. The third-order valence-corrected chi connectivity index (χ3v) is 2.96. The van der Waals surface area contributed by atoms with Gasteiger partial charge in [-0.05, 0) is 6.92 Å². The molecule has 7 nitrogen and oxygen atoms in total. The van der Waals surface area contributed by atoms with Crippen LogP contribution in [0.1, 0.15) is 22.5 Å². The van der Waals surface area contributed by atoms with Gasteiger partial charge in [-0.25, -0.2) is 0 Å². The molecule has 1 atom stereocenters. The third kappa shape index (κ3) is 2.51. The number of morpholine rings is 1. The Morgan fingerprint density at radius 1 is 1.67 bits per heavy atom. The first-order valence-electron chi connectivity index (χ1n) is 5.70. The number of ether oxygens (including phenoxy) is 1. The zero-order chi connectivity index (χ0) is 13.1. The van der Waals surface area contributed by atoms with Gasteiger partial charge in [0.1, 0.15) is 0 Å². The molecule has 1 unspecified atom stereocenters. The fraction of sp³-hybridized carbons (Fsp3) is 0.545. The maximum absolute atomic E-state index is 12.3. The van der Waals surface area contributed by atoms with Crippen molar-refractivity contribution in [1.29, 1.82) is 0 Å². The molecule has 2 N–H and O–H groups in total. The molecule has 1 saturated heterocycles. The summed E-state index contributed by atoms with van der Waals surface area (Å²) in [6.07, 6.45) is 1.35. The van der Waals surface area contributed by atoms with Crippen molar-refractivity contribution in [2.45, 2.75) is 19.4 Å². The van der Waals surface area contributed by atoms with Crippen molar-refractivity contribution in [3.8, 4) is 0 Å². The predicted molar refractivity (Wildman–Crippen MR) is 61.2 cm³/mol. The van der Waals surface area contributed by atoms with E-state index in [4.69, 9.17) is 9.84 Å². The smallest absolute Gasteiger partial charge is 0.305 e. The molecule has 1 aliphatic heterocycles. The SMILES string of the molecule is Cc1[nH]ncc1C(=O)N1CCOCC1CC(=O)O. The lowest BCUT2D eigenvalue weighted by atomic mass is 10.1. The number of hydrogen-bond donors (Lipinski definition) is 2. The first kappa shape index (κ1) is 12.6. The predicted octanol–water partition coefficient (Wildman–Crippen LogP) is 0.0338. The molecular weight excluding hydrogens is 238 g/mol. The van der Waals surface area contributed by atoms with Gasteiger partial charge in [0.15, 0.2) is 0 Å². The van der Waals surface area contributed by atoms with Crippen LogP contribution >= 0.6 is 0 Å². The summed E-state index contributed by atoms with van der Waals surface area (Å²) in [4.78, 5) is 24.6. The van der Waals surface area contributed by atoms with Crippen LogP contribution in [0.25, 0.3) is 0 Å². The van der Waals surface area contributed by atoms with E-state index >= 15 is 0 Å². The zero-order valence-electron chi connectivity index (χ0n) is 10.0. The van der Waals surface area contributed by atoms with Gasteiger partial charge >= 0.3 is 5.97 Å². The summed E-state index contributed by atoms with van der Waals surface area (Å²) in [5.41, 5.74) is 1.16. The molecule has 2 rings (SSSR count). The molecule has 7 heteroatoms. The summed E-state index contributed by atoms with van der Waals surface area (Å²) in [5, 5.41) is 15.3. The number of aromatic amines is 1. The van der Waals surface area contributed by atoms with E-state index in [9.17, 15) is 9.59 Å². The van der Waals surface area contributed by atoms with E-state index in [1.807, 2.05) is 0 Å². The summed E-state index contributed by atoms with van der Waals surface area (Å²) in [5.74, 6) is -1.14. The average molecular weight is 253 g/mol. The Morgan fingerprint density at radius 2 is 2.44 bits per heavy atom. The van der Waals surface area contributed by atoms with Crippen LogP contribution < -0.4 is 0 Å². The Labute approximate surface area is 104 Å². The molecule has 0 aromatic carbocycles. The minimum absolute atomic E-state index is 0.108. The number of H-pyrrole nitrogens is 1. The number of carbonyl (C=O) groups excluding carboxylic acids is 1. The highest BCUT2D eigenvalue weighted by molar-refractivity contribution is 5.95. The first-order chi connectivity index (χ1) is 8.59. The van der Waals surface area contributed by atoms with Crippen molar-refractivity contribution >= 4 is 11.9 Å². The molecule has 18 heavy (non-hydrogen) atoms. The molecular formula is C11H15N3O4. The molecule has 1 aromatic heterocycles. The van der Waals surface area contributed by atoms with Gasteiger partial charge in [0, 0.05) is 12.2 Å². The first-order valence-corrected chi connectivity index (χ1v) is 5.70. The van der Waals surface area contributed by atoms with Crippen LogP contribution in [0.15, 0.2) is 6.20 Å². The van der Waals surface area contributed by atoms with E-state index in [1.165, 1.54) is 6.20 Å². The summed E-state index contributed by atoms with van der Waals surface area (Å²) in [6, 6.07) is -0.418. The Hall–Kier alpha value is -1.89. The lowest BCUT2D eigenvalue weighted by Crippen LogP contribution is -2.49. The van der Waals surface area contributed by atoms with Gasteiger partial charge in [-0.3, -0.25) is 14.7 Å². The average Bonchev–Trinajstić information content (AvgIpc) is 2.74. The van der Waals surface area contributed by atoms with Crippen molar-refractivity contribution < 1.29 is 19.4 Å². The Morgan fingerprint density at radius 3 is 3.06 bits per heavy atom. The molecule has 2 heterocycles. The zero-order valence-corrected chi connectivity index (χ0v) is 10.0. The Bertz CT molecular complexity index is 457. The number of carboxylic acid groups (broad SMARTS) is 1. The number of carbonyl (C=O) groups is 2. The maximum atomic E-state index is 12.3. The molecule has 1 fully saturated rings. The lowest BCUT2D eigenvalue weighted by molar-refractivity contribution is -0.139. The van der Waals surface area contributed by atoms with Gasteiger partial charge in [-0.2, -0.15) is 5.10 Å². The Balaban J connectivity index is 2.16. The van der Waals surface area contributed by atoms with Gasteiger partial charge in [0.05, 0.1) is 37.4 Å². The molecule has 1 aliphatic rings. The standard InChI is InChI=1S/C11H15N3O4/c1-7-9(5-12-13-7)11(17)14-2-3-18-6-8(14)4-10(15)16/h5,8H,2-4,6H2,1H3,(H,12,13)(H,15,16). The highest BCUT2D eigenvalue weighted by Gasteiger charge is 2.30. The molecule has 98 valence electrons. The largest absolute Gasteiger partial charge is 0.481 e. The number of aliphatic carboxylic acids is 1. The quantitative estimate of drug-likeness (QED) is 0.792. The topological polar surface area (TPSA) is 95.5 Å². The van der Waals surface area contributed by atoms with Crippen LogP contribution in [0.2, 0.25) is 0 Å². The second-order valence-electron chi connectivity index (χ2n) is 4.23. The molecule has 1 amide bonds. The number of rotatable bonds is 3. The summed E-state index contributed by atoms with van der Waals surface area (Å²) in [7, 11) is 0. The minimum atomic E-state index is -0.938. The molecule has 0 spiro atoms. The molecule has 1 aromatic rings. The van der Waals surface area contributed by atoms with E-state index in [1.54, 1.807) is 11.8 Å². The van der Waals surface area contributed by atoms with Crippen LogP contribution in [0.5, 0.6) is 0 Å². The minimum Gasteiger partial charge on any atom is -0.481 e. The lowest BCUT2D eigenvalue weighted by Gasteiger charge is -2.34. The second-order valence-corrected chi connectivity index (χ2v) is 4.23. The fourth-order valence-corrected chi connectivity index (χ4v) is 2.01. The van der Waals surface area contributed by atoms with Crippen LogP contribution in [-0.4, -0.2) is 57.9 Å². The van der Waals surface area contributed by atoms with Crippen molar-refractivity contribution in [3.05, 3.63) is 17.5 Å². The van der Waals surface area contributed by atoms with Crippen LogP contribution in [0, 0.1) is 6.92 Å². The highest BCUT2D eigenvalue weighted by Crippen LogP contribution is 2.16. The van der Waals surface area contributed by atoms with Crippen molar-refractivity contribution in [1.82, 2.24) is 15.1 Å². The highest BCUT2D eigenvalue weighted by atomic mass is 16.5. The fourth-order valence-electron chi connectivity index (χ4n) is 2.01. The van der Waals surface area contributed by atoms with Gasteiger partial charge in [0.2, 0.25) is 0 Å². The van der Waals surface area contributed by atoms with E-state index in [2.05, 4.69) is 10.2 Å². The summed E-state index contributed by atoms with van der Waals surface area (Å²) < 4.78 is 5.23. The van der Waals surface area contributed by atoms with Crippen molar-refractivity contribution in [2.24, 2.45) is 0 Å². The van der Waals surface area contributed by atoms with Gasteiger partial charge in [0.25, 0.3) is 5.91 Å². The maximum Gasteiger partial charge on any atom is 0.305 e. The third-order valence-electron chi connectivity index (χ3n) is 2.96. The number of hydrogen-bond acceptors (Lipinski definition) is 4. The van der Waals surface area contributed by atoms with E-state index in [0.717, 1.165) is 0 Å². The van der Waals surface area contributed by atoms with E-state index in [0.29, 0.717) is 24.4 Å². The van der Waals surface area contributed by atoms with Crippen LogP contribution in [0.4, 0.5) is 0 Å².